The number of hydrogen-bond acceptors (Lipinski definition) is 5. The Kier molecular flexibility index (Phi) is 6.20. The molecule has 3 aromatic rings. The van der Waals surface area contributed by atoms with Crippen LogP contribution in [0.25, 0.3) is 22.4 Å². The fraction of sp³-hybridized carbons (Fsp3) is 0.261. The lowest BCUT2D eigenvalue weighted by Crippen LogP contribution is -2.34. The predicted octanol–water partition coefficient (Wildman–Crippen LogP) is 3.63. The Hall–Kier alpha value is -3.30. The molecule has 0 spiro atoms. The molecule has 1 aliphatic heterocycles. The second-order valence-corrected chi connectivity index (χ2v) is 7.50. The molecule has 0 radical (unpaired) electrons. The largest absolute Gasteiger partial charge is 0.405 e. The first kappa shape index (κ1) is 21.9. The minimum Gasteiger partial charge on any atom is -0.396 e. The molecule has 1 amide bonds. The first-order valence-electron chi connectivity index (χ1n) is 10.1. The number of carbonyl (C=O) groups is 1. The summed E-state index contributed by atoms with van der Waals surface area (Å²) in [4.78, 5) is 21.0. The van der Waals surface area contributed by atoms with E-state index in [9.17, 15) is 23.1 Å². The Morgan fingerprint density at radius 3 is 2.66 bits per heavy atom. The molecule has 0 fully saturated rings. The van der Waals surface area contributed by atoms with Gasteiger partial charge in [-0.3, -0.25) is 9.78 Å². The van der Waals surface area contributed by atoms with Gasteiger partial charge >= 0.3 is 6.18 Å². The molecule has 0 saturated carbocycles. The van der Waals surface area contributed by atoms with E-state index in [1.54, 1.807) is 12.4 Å². The van der Waals surface area contributed by atoms with Crippen molar-refractivity contribution in [2.24, 2.45) is 0 Å². The Balaban J connectivity index is 1.78. The second kappa shape index (κ2) is 9.05. The average molecular weight is 442 g/mol. The quantitative estimate of drug-likeness (QED) is 0.543. The van der Waals surface area contributed by atoms with E-state index < -0.39 is 18.6 Å². The number of benzene rings is 1. The Morgan fingerprint density at radius 2 is 1.94 bits per heavy atom. The molecule has 166 valence electrons. The summed E-state index contributed by atoms with van der Waals surface area (Å²) in [6, 6.07) is 12.6. The van der Waals surface area contributed by atoms with Crippen LogP contribution in [-0.4, -0.2) is 40.3 Å². The number of nitrogens with zero attached hydrogens (tertiary/aromatic N) is 2. The fourth-order valence-electron chi connectivity index (χ4n) is 3.84. The van der Waals surface area contributed by atoms with Crippen LogP contribution in [0.3, 0.4) is 0 Å². The third kappa shape index (κ3) is 4.79. The highest BCUT2D eigenvalue weighted by Crippen LogP contribution is 2.37. The molecule has 6 nitrogen and oxygen atoms in total. The number of halogens is 3. The topological polar surface area (TPSA) is 87.1 Å². The van der Waals surface area contributed by atoms with Crippen LogP contribution in [0.4, 0.5) is 13.2 Å². The number of pyridine rings is 2. The first-order chi connectivity index (χ1) is 15.4. The van der Waals surface area contributed by atoms with E-state index in [0.717, 1.165) is 27.8 Å². The van der Waals surface area contributed by atoms with Gasteiger partial charge in [-0.05, 0) is 41.3 Å². The number of fused-ring (bicyclic) bond motifs is 1. The van der Waals surface area contributed by atoms with Crippen molar-refractivity contribution < 1.29 is 23.1 Å². The predicted molar refractivity (Wildman–Crippen MR) is 113 cm³/mol. The maximum Gasteiger partial charge on any atom is 0.405 e. The number of aliphatic hydroxyl groups excluding tert-OH is 1. The van der Waals surface area contributed by atoms with E-state index >= 15 is 0 Å². The SMILES string of the molecule is O=C(NCC(F)(F)F)c1cc2c(c(-c3cccc(-c4cccnc4)c3)n1)[C@@H](CCO)NC2. The summed E-state index contributed by atoms with van der Waals surface area (Å²) >= 11 is 0. The number of carbonyl (C=O) groups excluding carboxylic acids is 1. The van der Waals surface area contributed by atoms with Gasteiger partial charge in [-0.2, -0.15) is 13.2 Å². The van der Waals surface area contributed by atoms with Crippen molar-refractivity contribution in [1.82, 2.24) is 20.6 Å². The van der Waals surface area contributed by atoms with Crippen LogP contribution in [0.5, 0.6) is 0 Å². The molecule has 2 aromatic heterocycles. The van der Waals surface area contributed by atoms with Gasteiger partial charge in [-0.1, -0.05) is 24.3 Å². The van der Waals surface area contributed by atoms with Crippen molar-refractivity contribution in [3.8, 4) is 22.4 Å². The normalized spacial score (nSPS) is 15.4. The van der Waals surface area contributed by atoms with Crippen molar-refractivity contribution >= 4 is 5.91 Å². The number of aromatic nitrogens is 2. The van der Waals surface area contributed by atoms with E-state index in [0.29, 0.717) is 18.7 Å². The molecule has 3 N–H and O–H groups in total. The van der Waals surface area contributed by atoms with Crippen LogP contribution in [0, 0.1) is 0 Å². The lowest BCUT2D eigenvalue weighted by molar-refractivity contribution is -0.123. The molecule has 9 heteroatoms. The molecule has 0 saturated heterocycles. The Labute approximate surface area is 182 Å². The highest BCUT2D eigenvalue weighted by atomic mass is 19.4. The number of alkyl halides is 3. The number of aliphatic hydroxyl groups is 1. The van der Waals surface area contributed by atoms with E-state index in [-0.39, 0.29) is 18.3 Å². The van der Waals surface area contributed by atoms with Crippen molar-refractivity contribution in [1.29, 1.82) is 0 Å². The highest BCUT2D eigenvalue weighted by molar-refractivity contribution is 5.93. The summed E-state index contributed by atoms with van der Waals surface area (Å²) in [6.45, 7) is -1.04. The van der Waals surface area contributed by atoms with Gasteiger partial charge in [0.1, 0.15) is 12.2 Å². The maximum atomic E-state index is 12.6. The molecule has 0 bridgehead atoms. The van der Waals surface area contributed by atoms with Gasteiger partial charge < -0.3 is 15.7 Å². The lowest BCUT2D eigenvalue weighted by Gasteiger charge is -2.17. The van der Waals surface area contributed by atoms with Gasteiger partial charge in [0.2, 0.25) is 0 Å². The van der Waals surface area contributed by atoms with E-state index in [2.05, 4.69) is 15.3 Å². The van der Waals surface area contributed by atoms with Crippen LogP contribution in [0.1, 0.15) is 34.1 Å². The van der Waals surface area contributed by atoms with E-state index in [1.165, 1.54) is 6.07 Å². The zero-order valence-corrected chi connectivity index (χ0v) is 17.0. The van der Waals surface area contributed by atoms with Crippen LogP contribution >= 0.6 is 0 Å². The van der Waals surface area contributed by atoms with Crippen LogP contribution < -0.4 is 10.6 Å². The summed E-state index contributed by atoms with van der Waals surface area (Å²) in [5.41, 5.74) is 4.56. The van der Waals surface area contributed by atoms with Gasteiger partial charge in [-0.25, -0.2) is 4.98 Å². The molecule has 1 aromatic carbocycles. The average Bonchev–Trinajstić information content (AvgIpc) is 3.20. The molecule has 3 heterocycles. The summed E-state index contributed by atoms with van der Waals surface area (Å²) in [6.07, 6.45) is -0.658. The van der Waals surface area contributed by atoms with Crippen molar-refractivity contribution in [2.75, 3.05) is 13.2 Å². The Morgan fingerprint density at radius 1 is 1.16 bits per heavy atom. The van der Waals surface area contributed by atoms with Gasteiger partial charge in [0.25, 0.3) is 5.91 Å². The fourth-order valence-corrected chi connectivity index (χ4v) is 3.84. The standard InChI is InChI=1S/C23H21F3N4O2/c24-23(25,26)13-29-22(32)19-10-17-12-28-18(6-8-31)20(17)21(30-19)15-4-1-3-14(9-15)16-5-2-7-27-11-16/h1-5,7,9-11,18,28,31H,6,8,12-13H2,(H,29,32)/t18-/m1/s1. The van der Waals surface area contributed by atoms with Gasteiger partial charge in [0, 0.05) is 42.7 Å². The first-order valence-corrected chi connectivity index (χ1v) is 10.1. The second-order valence-electron chi connectivity index (χ2n) is 7.50. The smallest absolute Gasteiger partial charge is 0.396 e. The highest BCUT2D eigenvalue weighted by Gasteiger charge is 2.31. The summed E-state index contributed by atoms with van der Waals surface area (Å²) < 4.78 is 37.7. The molecular formula is C23H21F3N4O2. The van der Waals surface area contributed by atoms with Crippen molar-refractivity contribution in [3.63, 3.8) is 0 Å². The number of nitrogens with one attached hydrogen (secondary N) is 2. The van der Waals surface area contributed by atoms with Gasteiger partial charge in [-0.15, -0.1) is 0 Å². The molecule has 1 aliphatic rings. The maximum absolute atomic E-state index is 12.6. The van der Waals surface area contributed by atoms with Crippen LogP contribution in [0.2, 0.25) is 0 Å². The minimum absolute atomic E-state index is 0.0416. The third-order valence-electron chi connectivity index (χ3n) is 5.26. The van der Waals surface area contributed by atoms with E-state index in [4.69, 9.17) is 0 Å². The van der Waals surface area contributed by atoms with Crippen molar-refractivity contribution in [3.05, 3.63) is 71.7 Å². The summed E-state index contributed by atoms with van der Waals surface area (Å²) in [5, 5.41) is 14.6. The zero-order valence-electron chi connectivity index (χ0n) is 17.0. The lowest BCUT2D eigenvalue weighted by atomic mass is 9.94. The molecule has 32 heavy (non-hydrogen) atoms. The number of amides is 1. The Bertz CT molecular complexity index is 1120. The monoisotopic (exact) mass is 442 g/mol. The number of rotatable bonds is 6. The van der Waals surface area contributed by atoms with Crippen molar-refractivity contribution in [2.45, 2.75) is 25.2 Å². The summed E-state index contributed by atoms with van der Waals surface area (Å²) in [7, 11) is 0. The molecular weight excluding hydrogens is 421 g/mol. The minimum atomic E-state index is -4.51. The van der Waals surface area contributed by atoms with Crippen LogP contribution in [-0.2, 0) is 6.54 Å². The zero-order chi connectivity index (χ0) is 22.7. The van der Waals surface area contributed by atoms with Gasteiger partial charge in [0.15, 0.2) is 0 Å². The van der Waals surface area contributed by atoms with Gasteiger partial charge in [0.05, 0.1) is 5.69 Å². The van der Waals surface area contributed by atoms with Crippen LogP contribution in [0.15, 0.2) is 54.9 Å². The molecule has 4 rings (SSSR count). The number of hydrogen-bond donors (Lipinski definition) is 3. The van der Waals surface area contributed by atoms with E-state index in [1.807, 2.05) is 41.7 Å². The molecule has 0 aliphatic carbocycles. The summed E-state index contributed by atoms with van der Waals surface area (Å²) in [5.74, 6) is -0.889. The molecule has 0 unspecified atom stereocenters. The third-order valence-corrected chi connectivity index (χ3v) is 5.26. The molecule has 1 atom stereocenters.